The lowest BCUT2D eigenvalue weighted by molar-refractivity contribution is 0.0941. The number of carbonyl (C=O) groups is 1. The Morgan fingerprint density at radius 1 is 1.25 bits per heavy atom. The molecule has 2 N–H and O–H groups in total. The zero-order valence-corrected chi connectivity index (χ0v) is 14.0. The number of nitrogens with one attached hydrogen (secondary N) is 2. The van der Waals surface area contributed by atoms with E-state index in [9.17, 15) is 4.79 Å². The number of para-hydroxylation sites is 1. The molecule has 124 valence electrons. The van der Waals surface area contributed by atoms with Crippen LogP contribution in [0.1, 0.15) is 31.1 Å². The minimum atomic E-state index is -0.178. The third-order valence-corrected chi connectivity index (χ3v) is 3.35. The summed E-state index contributed by atoms with van der Waals surface area (Å²) in [5.41, 5.74) is 1.51. The number of rotatable bonds is 4. The van der Waals surface area contributed by atoms with E-state index in [-0.39, 0.29) is 11.3 Å². The van der Waals surface area contributed by atoms with Crippen molar-refractivity contribution >= 4 is 17.1 Å². The summed E-state index contributed by atoms with van der Waals surface area (Å²) in [5.74, 6) is 0.834. The van der Waals surface area contributed by atoms with Gasteiger partial charge in [0.1, 0.15) is 11.3 Å². The lowest BCUT2D eigenvalue weighted by atomic mass is 9.97. The summed E-state index contributed by atoms with van der Waals surface area (Å²) in [6.07, 6.45) is 3.15. The number of fused-ring (bicyclic) bond motifs is 1. The molecule has 6 heteroatoms. The molecule has 0 fully saturated rings. The zero-order valence-electron chi connectivity index (χ0n) is 14.0. The maximum Gasteiger partial charge on any atom is 0.255 e. The molecule has 0 atom stereocenters. The first-order chi connectivity index (χ1) is 11.4. The third kappa shape index (κ3) is 3.71. The molecule has 0 radical (unpaired) electrons. The van der Waals surface area contributed by atoms with E-state index in [4.69, 9.17) is 4.74 Å². The second-order valence-corrected chi connectivity index (χ2v) is 6.77. The van der Waals surface area contributed by atoms with Crippen LogP contribution in [-0.2, 0) is 0 Å². The van der Waals surface area contributed by atoms with Gasteiger partial charge < -0.3 is 15.0 Å². The van der Waals surface area contributed by atoms with Crippen LogP contribution in [0.4, 0.5) is 0 Å². The standard InChI is InChI=1S/C18H20N4O2/c1-18(2,3)11-21-17(23)13-9-19-16-15(13)22-14(10-20-16)24-12-7-5-4-6-8-12/h4-10H,11H2,1-3H3,(H,19,20)(H,21,23). The summed E-state index contributed by atoms with van der Waals surface area (Å²) in [5, 5.41) is 2.92. The van der Waals surface area contributed by atoms with Gasteiger partial charge in [-0.25, -0.2) is 9.97 Å². The number of ether oxygens (including phenoxy) is 1. The van der Waals surface area contributed by atoms with E-state index < -0.39 is 0 Å². The van der Waals surface area contributed by atoms with Crippen molar-refractivity contribution in [1.82, 2.24) is 20.3 Å². The molecule has 24 heavy (non-hydrogen) atoms. The quantitative estimate of drug-likeness (QED) is 0.769. The van der Waals surface area contributed by atoms with Gasteiger partial charge in [0.05, 0.1) is 11.8 Å². The first kappa shape index (κ1) is 16.0. The van der Waals surface area contributed by atoms with Gasteiger partial charge in [0, 0.05) is 12.7 Å². The molecule has 0 spiro atoms. The fraction of sp³-hybridized carbons (Fsp3) is 0.278. The van der Waals surface area contributed by atoms with Crippen molar-refractivity contribution in [2.45, 2.75) is 20.8 Å². The Morgan fingerprint density at radius 3 is 2.71 bits per heavy atom. The van der Waals surface area contributed by atoms with Crippen LogP contribution in [0.3, 0.4) is 0 Å². The molecule has 0 saturated heterocycles. The first-order valence-electron chi connectivity index (χ1n) is 7.78. The van der Waals surface area contributed by atoms with Crippen LogP contribution in [0.25, 0.3) is 11.2 Å². The van der Waals surface area contributed by atoms with Crippen LogP contribution in [0.2, 0.25) is 0 Å². The van der Waals surface area contributed by atoms with E-state index in [1.54, 1.807) is 6.20 Å². The largest absolute Gasteiger partial charge is 0.437 e. The van der Waals surface area contributed by atoms with Gasteiger partial charge in [-0.15, -0.1) is 0 Å². The highest BCUT2D eigenvalue weighted by molar-refractivity contribution is 6.04. The van der Waals surface area contributed by atoms with E-state index in [1.165, 1.54) is 6.20 Å². The lowest BCUT2D eigenvalue weighted by Gasteiger charge is -2.18. The minimum Gasteiger partial charge on any atom is -0.437 e. The van der Waals surface area contributed by atoms with Crippen molar-refractivity contribution in [3.05, 3.63) is 48.3 Å². The maximum atomic E-state index is 12.4. The number of amides is 1. The molecule has 1 aromatic carbocycles. The molecule has 3 rings (SSSR count). The average molecular weight is 324 g/mol. The SMILES string of the molecule is CC(C)(C)CNC(=O)c1c[nH]c2ncc(Oc3ccccc3)nc12. The van der Waals surface area contributed by atoms with Crippen LogP contribution in [0, 0.1) is 5.41 Å². The van der Waals surface area contributed by atoms with Gasteiger partial charge in [0.25, 0.3) is 5.91 Å². The van der Waals surface area contributed by atoms with Crippen molar-refractivity contribution in [1.29, 1.82) is 0 Å². The number of carbonyl (C=O) groups excluding carboxylic acids is 1. The Labute approximate surface area is 140 Å². The summed E-state index contributed by atoms with van der Waals surface area (Å²) in [6.45, 7) is 6.77. The monoisotopic (exact) mass is 324 g/mol. The molecule has 0 bridgehead atoms. The van der Waals surface area contributed by atoms with Gasteiger partial charge in [0.2, 0.25) is 5.88 Å². The van der Waals surface area contributed by atoms with E-state index in [2.05, 4.69) is 41.0 Å². The Morgan fingerprint density at radius 2 is 2.00 bits per heavy atom. The van der Waals surface area contributed by atoms with Crippen LogP contribution < -0.4 is 10.1 Å². The summed E-state index contributed by atoms with van der Waals surface area (Å²) in [4.78, 5) is 24.0. The molecule has 2 heterocycles. The second-order valence-electron chi connectivity index (χ2n) is 6.77. The van der Waals surface area contributed by atoms with Gasteiger partial charge in [-0.3, -0.25) is 4.79 Å². The fourth-order valence-electron chi connectivity index (χ4n) is 2.15. The number of hydrogen-bond acceptors (Lipinski definition) is 4. The summed E-state index contributed by atoms with van der Waals surface area (Å²) < 4.78 is 5.69. The predicted octanol–water partition coefficient (Wildman–Crippen LogP) is 3.53. The van der Waals surface area contributed by atoms with Gasteiger partial charge in [0.15, 0.2) is 5.65 Å². The average Bonchev–Trinajstić information content (AvgIpc) is 2.96. The lowest BCUT2D eigenvalue weighted by Crippen LogP contribution is -2.32. The molecule has 2 aromatic heterocycles. The van der Waals surface area contributed by atoms with Crippen molar-refractivity contribution in [2.24, 2.45) is 5.41 Å². The highest BCUT2D eigenvalue weighted by Crippen LogP contribution is 2.22. The van der Waals surface area contributed by atoms with Crippen LogP contribution >= 0.6 is 0 Å². The predicted molar refractivity (Wildman–Crippen MR) is 92.2 cm³/mol. The molecule has 0 aliphatic heterocycles. The number of benzene rings is 1. The number of H-pyrrole nitrogens is 1. The number of aromatic nitrogens is 3. The highest BCUT2D eigenvalue weighted by atomic mass is 16.5. The van der Waals surface area contributed by atoms with Crippen LogP contribution in [0.15, 0.2) is 42.7 Å². The Hall–Kier alpha value is -2.89. The van der Waals surface area contributed by atoms with Gasteiger partial charge in [-0.05, 0) is 17.5 Å². The molecule has 1 amide bonds. The first-order valence-corrected chi connectivity index (χ1v) is 7.78. The van der Waals surface area contributed by atoms with Crippen molar-refractivity contribution in [3.8, 4) is 11.6 Å². The topological polar surface area (TPSA) is 79.9 Å². The van der Waals surface area contributed by atoms with E-state index in [1.807, 2.05) is 30.3 Å². The normalized spacial score (nSPS) is 11.5. The molecule has 0 saturated carbocycles. The summed E-state index contributed by atoms with van der Waals surface area (Å²) >= 11 is 0. The number of hydrogen-bond donors (Lipinski definition) is 2. The minimum absolute atomic E-state index is 0.00896. The van der Waals surface area contributed by atoms with E-state index >= 15 is 0 Å². The maximum absolute atomic E-state index is 12.4. The van der Waals surface area contributed by atoms with E-state index in [0.29, 0.717) is 34.9 Å². The summed E-state index contributed by atoms with van der Waals surface area (Å²) in [6, 6.07) is 9.33. The third-order valence-electron chi connectivity index (χ3n) is 3.35. The Balaban J connectivity index is 1.85. The zero-order chi connectivity index (χ0) is 17.2. The summed E-state index contributed by atoms with van der Waals surface area (Å²) in [7, 11) is 0. The van der Waals surface area contributed by atoms with Gasteiger partial charge in [-0.2, -0.15) is 0 Å². The molecule has 0 aliphatic carbocycles. The van der Waals surface area contributed by atoms with Crippen molar-refractivity contribution in [2.75, 3.05) is 6.54 Å². The molecule has 6 nitrogen and oxygen atoms in total. The van der Waals surface area contributed by atoms with Gasteiger partial charge in [-0.1, -0.05) is 39.0 Å². The molecule has 0 unspecified atom stereocenters. The van der Waals surface area contributed by atoms with Gasteiger partial charge >= 0.3 is 0 Å². The molecule has 3 aromatic rings. The Bertz CT molecular complexity index is 850. The van der Waals surface area contributed by atoms with Crippen molar-refractivity contribution in [3.63, 3.8) is 0 Å². The Kier molecular flexibility index (Phi) is 4.20. The highest BCUT2D eigenvalue weighted by Gasteiger charge is 2.18. The van der Waals surface area contributed by atoms with Crippen LogP contribution in [0.5, 0.6) is 11.6 Å². The molecular weight excluding hydrogens is 304 g/mol. The van der Waals surface area contributed by atoms with E-state index in [0.717, 1.165) is 0 Å². The van der Waals surface area contributed by atoms with Crippen molar-refractivity contribution < 1.29 is 9.53 Å². The second kappa shape index (κ2) is 6.31. The number of nitrogens with zero attached hydrogens (tertiary/aromatic N) is 2. The smallest absolute Gasteiger partial charge is 0.255 e. The number of aromatic amines is 1. The van der Waals surface area contributed by atoms with Crippen LogP contribution in [-0.4, -0.2) is 27.4 Å². The molecular formula is C18H20N4O2. The fourth-order valence-corrected chi connectivity index (χ4v) is 2.15. The molecule has 0 aliphatic rings.